The summed E-state index contributed by atoms with van der Waals surface area (Å²) in [7, 11) is 0. The van der Waals surface area contributed by atoms with E-state index >= 15 is 0 Å². The number of rotatable bonds is 5. The lowest BCUT2D eigenvalue weighted by Gasteiger charge is -2.09. The van der Waals surface area contributed by atoms with Gasteiger partial charge < -0.3 is 0 Å². The molecule has 0 fully saturated rings. The zero-order valence-corrected chi connectivity index (χ0v) is 10.1. The molecule has 90 valence electrons. The third-order valence-electron chi connectivity index (χ3n) is 2.96. The maximum Gasteiger partial charge on any atom is 0.121 e. The highest BCUT2D eigenvalue weighted by Crippen LogP contribution is 2.22. The molecule has 0 aliphatic heterocycles. The number of benzene rings is 2. The van der Waals surface area contributed by atoms with Gasteiger partial charge in [-0.2, -0.15) is 4.91 Å². The monoisotopic (exact) mass is 237 g/mol. The third kappa shape index (κ3) is 2.92. The second-order valence-electron chi connectivity index (χ2n) is 4.18. The third-order valence-corrected chi connectivity index (χ3v) is 2.96. The van der Waals surface area contributed by atoms with Gasteiger partial charge in [-0.15, -0.1) is 0 Å². The van der Waals surface area contributed by atoms with E-state index < -0.39 is 0 Å². The maximum absolute atomic E-state index is 11.0. The molecule has 2 nitrogen and oxygen atoms in total. The fraction of sp³-hybridized carbons (Fsp3) is 0.125. The highest BCUT2D eigenvalue weighted by atomic mass is 16.3. The maximum atomic E-state index is 11.0. The van der Waals surface area contributed by atoms with Gasteiger partial charge in [0.2, 0.25) is 0 Å². The second kappa shape index (κ2) is 5.92. The van der Waals surface area contributed by atoms with Crippen molar-refractivity contribution in [3.63, 3.8) is 0 Å². The van der Waals surface area contributed by atoms with Crippen molar-refractivity contribution in [2.75, 3.05) is 0 Å². The topological polar surface area (TPSA) is 29.4 Å². The highest BCUT2D eigenvalue weighted by molar-refractivity contribution is 5.47. The second-order valence-corrected chi connectivity index (χ2v) is 4.18. The molecule has 0 N–H and O–H groups in total. The number of nitroso groups, excluding NO2 is 1. The normalized spacial score (nSPS) is 11.8. The minimum absolute atomic E-state index is 0.328. The molecule has 2 aromatic carbocycles. The summed E-state index contributed by atoms with van der Waals surface area (Å²) >= 11 is 0. The van der Waals surface area contributed by atoms with Crippen molar-refractivity contribution in [3.8, 4) is 0 Å². The van der Waals surface area contributed by atoms with Crippen LogP contribution in [0.5, 0.6) is 0 Å². The molecule has 0 amide bonds. The van der Waals surface area contributed by atoms with Gasteiger partial charge in [0.25, 0.3) is 0 Å². The predicted octanol–water partition coefficient (Wildman–Crippen LogP) is 4.38. The zero-order valence-electron chi connectivity index (χ0n) is 10.1. The fourth-order valence-corrected chi connectivity index (χ4v) is 1.91. The molecule has 0 spiro atoms. The molecule has 0 bridgehead atoms. The summed E-state index contributed by atoms with van der Waals surface area (Å²) < 4.78 is 0. The Labute approximate surface area is 107 Å². The van der Waals surface area contributed by atoms with Crippen LogP contribution < -0.4 is 0 Å². The first kappa shape index (κ1) is 12.2. The highest BCUT2D eigenvalue weighted by Gasteiger charge is 2.12. The molecule has 0 heterocycles. The molecule has 0 saturated heterocycles. The average Bonchev–Trinajstić information content (AvgIpc) is 2.46. The van der Waals surface area contributed by atoms with Crippen LogP contribution in [-0.4, -0.2) is 0 Å². The molecule has 0 saturated carbocycles. The van der Waals surface area contributed by atoms with Crippen molar-refractivity contribution >= 4 is 6.08 Å². The number of nitrogens with zero attached hydrogens (tertiary/aromatic N) is 1. The van der Waals surface area contributed by atoms with Gasteiger partial charge in [-0.1, -0.05) is 72.4 Å². The molecule has 18 heavy (non-hydrogen) atoms. The quantitative estimate of drug-likeness (QED) is 0.709. The van der Waals surface area contributed by atoms with Crippen LogP contribution in [0.2, 0.25) is 0 Å². The molecule has 0 aliphatic carbocycles. The van der Waals surface area contributed by atoms with Crippen LogP contribution in [0, 0.1) is 4.91 Å². The van der Waals surface area contributed by atoms with E-state index in [-0.39, 0.29) is 6.04 Å². The van der Waals surface area contributed by atoms with Crippen LogP contribution in [0.4, 0.5) is 0 Å². The largest absolute Gasteiger partial charge is 0.150 e. The SMILES string of the molecule is C=Cc1ccc(C(Cc2ccccc2)N=O)cc1. The van der Waals surface area contributed by atoms with Crippen molar-refractivity contribution < 1.29 is 0 Å². The Morgan fingerprint density at radius 2 is 1.72 bits per heavy atom. The number of hydrogen-bond donors (Lipinski definition) is 0. The molecule has 0 radical (unpaired) electrons. The summed E-state index contributed by atoms with van der Waals surface area (Å²) in [6.07, 6.45) is 2.42. The Morgan fingerprint density at radius 3 is 2.28 bits per heavy atom. The van der Waals surface area contributed by atoms with E-state index in [9.17, 15) is 4.91 Å². The van der Waals surface area contributed by atoms with Crippen LogP contribution >= 0.6 is 0 Å². The van der Waals surface area contributed by atoms with Gasteiger partial charge in [-0.3, -0.25) is 0 Å². The zero-order chi connectivity index (χ0) is 12.8. The summed E-state index contributed by atoms with van der Waals surface area (Å²) in [5.41, 5.74) is 3.11. The Hall–Kier alpha value is -2.22. The summed E-state index contributed by atoms with van der Waals surface area (Å²) in [6, 6.07) is 17.4. The van der Waals surface area contributed by atoms with Gasteiger partial charge in [0.15, 0.2) is 0 Å². The van der Waals surface area contributed by atoms with E-state index in [0.717, 1.165) is 16.7 Å². The van der Waals surface area contributed by atoms with Crippen LogP contribution in [0.3, 0.4) is 0 Å². The average molecular weight is 237 g/mol. The molecule has 0 aromatic heterocycles. The first-order valence-corrected chi connectivity index (χ1v) is 5.92. The van der Waals surface area contributed by atoms with E-state index in [1.54, 1.807) is 6.08 Å². The van der Waals surface area contributed by atoms with Crippen LogP contribution in [0.1, 0.15) is 22.7 Å². The number of hydrogen-bond acceptors (Lipinski definition) is 2. The van der Waals surface area contributed by atoms with Crippen molar-refractivity contribution in [2.24, 2.45) is 5.18 Å². The molecule has 2 rings (SSSR count). The Bertz CT molecular complexity index is 517. The van der Waals surface area contributed by atoms with Crippen LogP contribution in [-0.2, 0) is 6.42 Å². The molecular weight excluding hydrogens is 222 g/mol. The summed E-state index contributed by atoms with van der Waals surface area (Å²) in [5.74, 6) is 0. The first-order chi connectivity index (χ1) is 8.83. The summed E-state index contributed by atoms with van der Waals surface area (Å²) in [6.45, 7) is 3.71. The van der Waals surface area contributed by atoms with Gasteiger partial charge in [0.05, 0.1) is 0 Å². The minimum Gasteiger partial charge on any atom is -0.150 e. The van der Waals surface area contributed by atoms with Gasteiger partial charge >= 0.3 is 0 Å². The summed E-state index contributed by atoms with van der Waals surface area (Å²) in [4.78, 5) is 11.0. The minimum atomic E-state index is -0.328. The predicted molar refractivity (Wildman–Crippen MR) is 75.2 cm³/mol. The van der Waals surface area contributed by atoms with Gasteiger partial charge in [0, 0.05) is 6.42 Å². The van der Waals surface area contributed by atoms with Crippen molar-refractivity contribution in [1.82, 2.24) is 0 Å². The Kier molecular flexibility index (Phi) is 4.02. The van der Waals surface area contributed by atoms with Crippen molar-refractivity contribution in [3.05, 3.63) is 82.8 Å². The van der Waals surface area contributed by atoms with E-state index in [2.05, 4.69) is 11.8 Å². The Morgan fingerprint density at radius 1 is 1.06 bits per heavy atom. The standard InChI is InChI=1S/C16H15NO/c1-2-13-8-10-15(11-9-13)16(17-18)12-14-6-4-3-5-7-14/h2-11,16H,1,12H2. The van der Waals surface area contributed by atoms with Crippen molar-refractivity contribution in [1.29, 1.82) is 0 Å². The smallest absolute Gasteiger partial charge is 0.121 e. The van der Waals surface area contributed by atoms with Crippen molar-refractivity contribution in [2.45, 2.75) is 12.5 Å². The van der Waals surface area contributed by atoms with E-state index in [1.165, 1.54) is 0 Å². The molecular formula is C16H15NO. The van der Waals surface area contributed by atoms with E-state index in [0.29, 0.717) is 6.42 Å². The lowest BCUT2D eigenvalue weighted by Crippen LogP contribution is -1.99. The molecule has 0 aliphatic rings. The van der Waals surface area contributed by atoms with Gasteiger partial charge in [-0.05, 0) is 16.7 Å². The van der Waals surface area contributed by atoms with Crippen LogP contribution in [0.25, 0.3) is 6.08 Å². The lowest BCUT2D eigenvalue weighted by atomic mass is 9.99. The molecule has 1 atom stereocenters. The van der Waals surface area contributed by atoms with Gasteiger partial charge in [0.1, 0.15) is 6.04 Å². The molecule has 2 aromatic rings. The first-order valence-electron chi connectivity index (χ1n) is 5.92. The van der Waals surface area contributed by atoms with Gasteiger partial charge in [-0.25, -0.2) is 0 Å². The van der Waals surface area contributed by atoms with Crippen LogP contribution in [0.15, 0.2) is 66.4 Å². The molecule has 1 unspecified atom stereocenters. The van der Waals surface area contributed by atoms with E-state index in [1.807, 2.05) is 54.6 Å². The lowest BCUT2D eigenvalue weighted by molar-refractivity contribution is 0.718. The fourth-order valence-electron chi connectivity index (χ4n) is 1.91. The molecule has 2 heteroatoms. The Balaban J connectivity index is 2.17. The summed E-state index contributed by atoms with van der Waals surface area (Å²) in [5, 5.41) is 3.23. The van der Waals surface area contributed by atoms with E-state index in [4.69, 9.17) is 0 Å².